The van der Waals surface area contributed by atoms with Crippen LogP contribution in [0, 0.1) is 5.41 Å². The zero-order chi connectivity index (χ0) is 10.8. The second-order valence-corrected chi connectivity index (χ2v) is 4.89. The van der Waals surface area contributed by atoms with Gasteiger partial charge in [0.15, 0.2) is 0 Å². The van der Waals surface area contributed by atoms with Crippen LogP contribution >= 0.6 is 0 Å². The van der Waals surface area contributed by atoms with Crippen LogP contribution in [-0.2, 0) is 4.79 Å². The van der Waals surface area contributed by atoms with Gasteiger partial charge in [-0.1, -0.05) is 13.8 Å². The number of rotatable bonds is 4. The van der Waals surface area contributed by atoms with Gasteiger partial charge in [-0.05, 0) is 25.4 Å². The number of nitrogens with two attached hydrogens (primary N) is 1. The summed E-state index contributed by atoms with van der Waals surface area (Å²) in [6.07, 6.45) is 1.20. The third-order valence-electron chi connectivity index (χ3n) is 2.89. The van der Waals surface area contributed by atoms with E-state index in [4.69, 9.17) is 5.73 Å². The zero-order valence-electron chi connectivity index (χ0n) is 9.34. The molecule has 0 aromatic heterocycles. The molecular formula is C10H21N3O. The second kappa shape index (κ2) is 4.28. The molecule has 0 aromatic rings. The van der Waals surface area contributed by atoms with Crippen LogP contribution in [0.5, 0.6) is 0 Å². The van der Waals surface area contributed by atoms with Crippen LogP contribution in [0.25, 0.3) is 0 Å². The Kier molecular flexibility index (Phi) is 3.50. The molecular weight excluding hydrogens is 178 g/mol. The first-order chi connectivity index (χ1) is 6.44. The number of carbonyl (C=O) groups excluding carboxylic acids is 1. The molecule has 0 saturated carbocycles. The fourth-order valence-electron chi connectivity index (χ4n) is 1.96. The number of likely N-dealkylation sites (tertiary alicyclic amines) is 1. The van der Waals surface area contributed by atoms with Crippen molar-refractivity contribution in [3.05, 3.63) is 0 Å². The van der Waals surface area contributed by atoms with Crippen molar-refractivity contribution >= 4 is 5.91 Å². The van der Waals surface area contributed by atoms with E-state index in [1.807, 2.05) is 0 Å². The van der Waals surface area contributed by atoms with Gasteiger partial charge in [-0.2, -0.15) is 0 Å². The molecule has 0 bridgehead atoms. The molecule has 1 atom stereocenters. The van der Waals surface area contributed by atoms with Gasteiger partial charge in [0, 0.05) is 13.1 Å². The molecule has 1 amide bonds. The van der Waals surface area contributed by atoms with Crippen LogP contribution in [0.3, 0.4) is 0 Å². The van der Waals surface area contributed by atoms with E-state index < -0.39 is 0 Å². The Morgan fingerprint density at radius 3 is 2.64 bits per heavy atom. The lowest BCUT2D eigenvalue weighted by Crippen LogP contribution is -2.47. The first-order valence-electron chi connectivity index (χ1n) is 5.13. The third-order valence-corrected chi connectivity index (χ3v) is 2.89. The van der Waals surface area contributed by atoms with Crippen molar-refractivity contribution in [2.45, 2.75) is 26.3 Å². The van der Waals surface area contributed by atoms with E-state index in [1.165, 1.54) is 6.42 Å². The van der Waals surface area contributed by atoms with E-state index in [2.05, 4.69) is 24.1 Å². The molecule has 1 unspecified atom stereocenters. The summed E-state index contributed by atoms with van der Waals surface area (Å²) < 4.78 is 0. The fraction of sp³-hybridized carbons (Fsp3) is 0.900. The van der Waals surface area contributed by atoms with Crippen molar-refractivity contribution in [2.75, 3.05) is 26.7 Å². The zero-order valence-corrected chi connectivity index (χ0v) is 9.34. The first-order valence-corrected chi connectivity index (χ1v) is 5.13. The highest BCUT2D eigenvalue weighted by Crippen LogP contribution is 2.28. The van der Waals surface area contributed by atoms with Crippen LogP contribution in [0.1, 0.15) is 20.3 Å². The number of nitrogens with zero attached hydrogens (tertiary/aromatic N) is 1. The summed E-state index contributed by atoms with van der Waals surface area (Å²) >= 11 is 0. The van der Waals surface area contributed by atoms with Gasteiger partial charge in [0.05, 0.1) is 6.04 Å². The summed E-state index contributed by atoms with van der Waals surface area (Å²) in [6, 6.07) is -0.219. The minimum atomic E-state index is -0.266. The Hall–Kier alpha value is -0.610. The first kappa shape index (κ1) is 11.5. The lowest BCUT2D eigenvalue weighted by atomic mass is 9.93. The highest BCUT2D eigenvalue weighted by atomic mass is 16.1. The Balaban J connectivity index is 2.42. The summed E-state index contributed by atoms with van der Waals surface area (Å²) in [7, 11) is 1.77. The summed E-state index contributed by atoms with van der Waals surface area (Å²) in [5.41, 5.74) is 5.65. The molecule has 1 aliphatic rings. The summed E-state index contributed by atoms with van der Waals surface area (Å²) in [5.74, 6) is -0.266. The molecule has 0 aliphatic carbocycles. The molecule has 0 aromatic carbocycles. The normalized spacial score (nSPS) is 23.6. The summed E-state index contributed by atoms with van der Waals surface area (Å²) in [4.78, 5) is 13.3. The summed E-state index contributed by atoms with van der Waals surface area (Å²) in [6.45, 7) is 7.36. The maximum atomic E-state index is 11.0. The second-order valence-electron chi connectivity index (χ2n) is 4.89. The largest absolute Gasteiger partial charge is 0.368 e. The highest BCUT2D eigenvalue weighted by molar-refractivity contribution is 5.80. The number of primary amides is 1. The number of amides is 1. The Labute approximate surface area is 85.8 Å². The van der Waals surface area contributed by atoms with E-state index in [9.17, 15) is 4.79 Å². The quantitative estimate of drug-likeness (QED) is 0.659. The van der Waals surface area contributed by atoms with E-state index in [1.54, 1.807) is 7.05 Å². The van der Waals surface area contributed by atoms with Crippen molar-refractivity contribution < 1.29 is 4.79 Å². The molecule has 0 spiro atoms. The van der Waals surface area contributed by atoms with E-state index in [0.29, 0.717) is 5.41 Å². The number of hydrogen-bond acceptors (Lipinski definition) is 3. The SMILES string of the molecule is CNC(CN1CCC(C)(C)C1)C(N)=O. The molecule has 3 N–H and O–H groups in total. The molecule has 1 aliphatic heterocycles. The van der Waals surface area contributed by atoms with Crippen molar-refractivity contribution in [3.63, 3.8) is 0 Å². The molecule has 4 nitrogen and oxygen atoms in total. The van der Waals surface area contributed by atoms with Crippen LogP contribution in [0.4, 0.5) is 0 Å². The molecule has 1 fully saturated rings. The third kappa shape index (κ3) is 2.96. The maximum absolute atomic E-state index is 11.0. The van der Waals surface area contributed by atoms with E-state index in [0.717, 1.165) is 19.6 Å². The lowest BCUT2D eigenvalue weighted by molar-refractivity contribution is -0.120. The minimum Gasteiger partial charge on any atom is -0.368 e. The van der Waals surface area contributed by atoms with Crippen LogP contribution in [-0.4, -0.2) is 43.5 Å². The van der Waals surface area contributed by atoms with Gasteiger partial charge in [-0.15, -0.1) is 0 Å². The van der Waals surface area contributed by atoms with Gasteiger partial charge >= 0.3 is 0 Å². The molecule has 1 saturated heterocycles. The van der Waals surface area contributed by atoms with Crippen LogP contribution in [0.15, 0.2) is 0 Å². The fourth-order valence-corrected chi connectivity index (χ4v) is 1.96. The topological polar surface area (TPSA) is 58.4 Å². The van der Waals surface area contributed by atoms with Gasteiger partial charge in [0.2, 0.25) is 5.91 Å². The number of likely N-dealkylation sites (N-methyl/N-ethyl adjacent to an activating group) is 1. The van der Waals surface area contributed by atoms with Gasteiger partial charge in [-0.25, -0.2) is 0 Å². The molecule has 1 heterocycles. The van der Waals surface area contributed by atoms with Crippen LogP contribution < -0.4 is 11.1 Å². The predicted octanol–water partition coefficient (Wildman–Crippen LogP) is -0.208. The van der Waals surface area contributed by atoms with Crippen molar-refractivity contribution in [2.24, 2.45) is 11.1 Å². The molecule has 82 valence electrons. The van der Waals surface area contributed by atoms with Gasteiger partial charge < -0.3 is 16.0 Å². The van der Waals surface area contributed by atoms with E-state index in [-0.39, 0.29) is 11.9 Å². The predicted molar refractivity (Wildman–Crippen MR) is 56.9 cm³/mol. The van der Waals surface area contributed by atoms with Crippen molar-refractivity contribution in [1.82, 2.24) is 10.2 Å². The standard InChI is InChI=1S/C10H21N3O/c1-10(2)4-5-13(7-10)6-8(12-3)9(11)14/h8,12H,4-7H2,1-3H3,(H2,11,14). The Morgan fingerprint density at radius 1 is 1.64 bits per heavy atom. The smallest absolute Gasteiger partial charge is 0.235 e. The summed E-state index contributed by atoms with van der Waals surface area (Å²) in [5, 5.41) is 2.94. The minimum absolute atomic E-state index is 0.219. The number of nitrogens with one attached hydrogen (secondary N) is 1. The molecule has 1 rings (SSSR count). The average molecular weight is 199 g/mol. The van der Waals surface area contributed by atoms with E-state index >= 15 is 0 Å². The van der Waals surface area contributed by atoms with Gasteiger partial charge in [-0.3, -0.25) is 4.79 Å². The molecule has 4 heteroatoms. The van der Waals surface area contributed by atoms with Gasteiger partial charge in [0.25, 0.3) is 0 Å². The molecule has 14 heavy (non-hydrogen) atoms. The maximum Gasteiger partial charge on any atom is 0.235 e. The van der Waals surface area contributed by atoms with Crippen molar-refractivity contribution in [3.8, 4) is 0 Å². The monoisotopic (exact) mass is 199 g/mol. The Bertz CT molecular complexity index is 215. The highest BCUT2D eigenvalue weighted by Gasteiger charge is 2.30. The molecule has 0 radical (unpaired) electrons. The van der Waals surface area contributed by atoms with Gasteiger partial charge in [0.1, 0.15) is 0 Å². The Morgan fingerprint density at radius 2 is 2.29 bits per heavy atom. The number of hydrogen-bond donors (Lipinski definition) is 2. The van der Waals surface area contributed by atoms with Crippen LogP contribution in [0.2, 0.25) is 0 Å². The van der Waals surface area contributed by atoms with Crippen molar-refractivity contribution in [1.29, 1.82) is 0 Å². The number of carbonyl (C=O) groups is 1. The average Bonchev–Trinajstić information content (AvgIpc) is 2.41. The lowest BCUT2D eigenvalue weighted by Gasteiger charge is -2.23.